The topological polar surface area (TPSA) is 107 Å². The number of pyridine rings is 1. The highest BCUT2D eigenvalue weighted by Gasteiger charge is 2.33. The summed E-state index contributed by atoms with van der Waals surface area (Å²) in [6.45, 7) is 7.18. The van der Waals surface area contributed by atoms with Gasteiger partial charge in [-0.2, -0.15) is 10.4 Å². The molecule has 4 aromatic rings. The van der Waals surface area contributed by atoms with Crippen molar-refractivity contribution in [3.05, 3.63) is 46.7 Å². The number of carbonyl (C=O) groups excluding carboxylic acids is 1. The van der Waals surface area contributed by atoms with Gasteiger partial charge < -0.3 is 24.3 Å². The van der Waals surface area contributed by atoms with Crippen LogP contribution < -0.4 is 9.80 Å². The van der Waals surface area contributed by atoms with Gasteiger partial charge in [0.15, 0.2) is 10.8 Å². The summed E-state index contributed by atoms with van der Waals surface area (Å²) in [5.41, 5.74) is 3.83. The summed E-state index contributed by atoms with van der Waals surface area (Å²) >= 11 is 1.30. The summed E-state index contributed by atoms with van der Waals surface area (Å²) < 4.78 is 21.0. The summed E-state index contributed by atoms with van der Waals surface area (Å²) in [6.07, 6.45) is 2.09. The predicted octanol–water partition coefficient (Wildman–Crippen LogP) is 4.55. The van der Waals surface area contributed by atoms with Gasteiger partial charge in [-0.15, -0.1) is 0 Å². The molecule has 3 aromatic heterocycles. The van der Waals surface area contributed by atoms with Crippen molar-refractivity contribution < 1.29 is 13.9 Å². The van der Waals surface area contributed by atoms with Gasteiger partial charge in [0, 0.05) is 51.9 Å². The summed E-state index contributed by atoms with van der Waals surface area (Å²) in [5, 5.41) is 16.4. The molecule has 43 heavy (non-hydrogen) atoms. The van der Waals surface area contributed by atoms with Crippen LogP contribution in [-0.2, 0) is 4.74 Å². The lowest BCUT2D eigenvalue weighted by Gasteiger charge is -2.39. The molecule has 3 fully saturated rings. The monoisotopic (exact) mass is 601 g/mol. The van der Waals surface area contributed by atoms with Crippen LogP contribution in [0.25, 0.3) is 22.3 Å². The van der Waals surface area contributed by atoms with E-state index in [0.29, 0.717) is 79.4 Å². The molecule has 13 heteroatoms. The van der Waals surface area contributed by atoms with Gasteiger partial charge >= 0.3 is 6.03 Å². The number of urea groups is 1. The number of amides is 2. The fourth-order valence-corrected chi connectivity index (χ4v) is 6.69. The number of aromatic nitrogens is 4. The molecule has 0 unspecified atom stereocenters. The number of hydrogen-bond acceptors (Lipinski definition) is 9. The Labute approximate surface area is 252 Å². The molecule has 11 nitrogen and oxygen atoms in total. The van der Waals surface area contributed by atoms with Gasteiger partial charge in [0.1, 0.15) is 28.3 Å². The molecule has 0 radical (unpaired) electrons. The second-order valence-corrected chi connectivity index (χ2v) is 12.1. The van der Waals surface area contributed by atoms with Crippen LogP contribution in [0.15, 0.2) is 30.3 Å². The Kier molecular flexibility index (Phi) is 7.10. The molecule has 1 aliphatic carbocycles. The largest absolute Gasteiger partial charge is 0.378 e. The number of ether oxygens (including phenoxy) is 1. The lowest BCUT2D eigenvalue weighted by molar-refractivity contribution is 0.0428. The van der Waals surface area contributed by atoms with Crippen molar-refractivity contribution in [3.8, 4) is 17.3 Å². The van der Waals surface area contributed by atoms with Gasteiger partial charge in [-0.25, -0.2) is 23.8 Å². The van der Waals surface area contributed by atoms with E-state index in [1.807, 2.05) is 33.4 Å². The van der Waals surface area contributed by atoms with Crippen LogP contribution >= 0.6 is 11.3 Å². The summed E-state index contributed by atoms with van der Waals surface area (Å²) in [5.74, 6) is 0.551. The molecular formula is C30H32FN9O2S. The number of anilines is 3. The molecule has 0 atom stereocenters. The first-order valence-corrected chi connectivity index (χ1v) is 15.4. The van der Waals surface area contributed by atoms with E-state index < -0.39 is 0 Å². The normalized spacial score (nSPS) is 17.4. The van der Waals surface area contributed by atoms with Crippen molar-refractivity contribution in [1.29, 1.82) is 5.26 Å². The molecule has 0 spiro atoms. The van der Waals surface area contributed by atoms with E-state index >= 15 is 0 Å². The maximum atomic E-state index is 13.6. The minimum Gasteiger partial charge on any atom is -0.378 e. The average Bonchev–Trinajstić information content (AvgIpc) is 3.69. The van der Waals surface area contributed by atoms with Crippen molar-refractivity contribution in [2.75, 3.05) is 69.3 Å². The first-order valence-electron chi connectivity index (χ1n) is 14.6. The van der Waals surface area contributed by atoms with Gasteiger partial charge in [-0.1, -0.05) is 11.3 Å². The summed E-state index contributed by atoms with van der Waals surface area (Å²) in [7, 11) is 1.94. The lowest BCUT2D eigenvalue weighted by atomic mass is 10.1. The zero-order valence-corrected chi connectivity index (χ0v) is 25.0. The fourth-order valence-electron chi connectivity index (χ4n) is 5.84. The number of nitrogens with zero attached hydrogens (tertiary/aromatic N) is 9. The number of nitriles is 1. The zero-order valence-electron chi connectivity index (χ0n) is 24.2. The number of piperazine rings is 1. The Bertz CT molecular complexity index is 1710. The Morgan fingerprint density at radius 3 is 2.44 bits per heavy atom. The van der Waals surface area contributed by atoms with Gasteiger partial charge in [0.05, 0.1) is 36.0 Å². The maximum Gasteiger partial charge on any atom is 0.320 e. The molecule has 2 saturated heterocycles. The zero-order chi connectivity index (χ0) is 29.7. The third-order valence-corrected chi connectivity index (χ3v) is 9.37. The smallest absolute Gasteiger partial charge is 0.320 e. The van der Waals surface area contributed by atoms with Crippen LogP contribution in [0.2, 0.25) is 0 Å². The van der Waals surface area contributed by atoms with Crippen molar-refractivity contribution >= 4 is 45.0 Å². The number of halogens is 1. The second kappa shape index (κ2) is 11.1. The van der Waals surface area contributed by atoms with Crippen molar-refractivity contribution in [2.45, 2.75) is 25.8 Å². The SMILES string of the molecule is Cc1nc2nn(C3CC3)c(N(C)c3nc(-c4ccc(F)cc4)c(C#N)s3)c2cc1N1CCN(C(=O)N2CCOCC2)CC1. The van der Waals surface area contributed by atoms with E-state index in [4.69, 9.17) is 19.8 Å². The van der Waals surface area contributed by atoms with Crippen LogP contribution in [0.1, 0.15) is 29.5 Å². The van der Waals surface area contributed by atoms with Crippen LogP contribution in [0.3, 0.4) is 0 Å². The Balaban J connectivity index is 1.20. The first kappa shape index (κ1) is 27.5. The maximum absolute atomic E-state index is 13.6. The highest BCUT2D eigenvalue weighted by Crippen LogP contribution is 2.44. The molecule has 2 aliphatic heterocycles. The number of benzene rings is 1. The van der Waals surface area contributed by atoms with E-state index in [9.17, 15) is 14.4 Å². The van der Waals surface area contributed by atoms with Crippen molar-refractivity contribution in [1.82, 2.24) is 29.5 Å². The standard InChI is InChI=1S/C30H32FN9O2S/c1-19-24(37-9-11-38(12-10-37)30(41)39-13-15-42-16-14-39)17-23-27(33-19)35-40(22-7-8-22)28(23)36(2)29-34-26(25(18-32)43-29)20-3-5-21(31)6-4-20/h3-6,17,22H,7-16H2,1-2H3. The minimum atomic E-state index is -0.335. The number of hydrogen-bond donors (Lipinski definition) is 0. The van der Waals surface area contributed by atoms with Gasteiger partial charge in [-0.05, 0) is 50.1 Å². The van der Waals surface area contributed by atoms with E-state index in [1.165, 1.54) is 23.5 Å². The molecule has 2 amide bonds. The van der Waals surface area contributed by atoms with Crippen LogP contribution in [0.4, 0.5) is 25.8 Å². The number of fused-ring (bicyclic) bond motifs is 1. The molecule has 0 N–H and O–H groups in total. The number of carbonyl (C=O) groups is 1. The van der Waals surface area contributed by atoms with E-state index in [1.54, 1.807) is 12.1 Å². The summed E-state index contributed by atoms with van der Waals surface area (Å²) in [6, 6.07) is 10.8. The van der Waals surface area contributed by atoms with E-state index in [0.717, 1.165) is 35.4 Å². The second-order valence-electron chi connectivity index (χ2n) is 11.2. The van der Waals surface area contributed by atoms with Gasteiger partial charge in [0.25, 0.3) is 0 Å². The first-order chi connectivity index (χ1) is 20.9. The lowest BCUT2D eigenvalue weighted by Crippen LogP contribution is -2.55. The van der Waals surface area contributed by atoms with Crippen LogP contribution in [0.5, 0.6) is 0 Å². The van der Waals surface area contributed by atoms with Crippen LogP contribution in [-0.4, -0.2) is 95.1 Å². The summed E-state index contributed by atoms with van der Waals surface area (Å²) in [4.78, 5) is 31.4. The highest BCUT2D eigenvalue weighted by atomic mass is 32.1. The fraction of sp³-hybridized carbons (Fsp3) is 0.433. The molecule has 5 heterocycles. The minimum absolute atomic E-state index is 0.0862. The molecule has 222 valence electrons. The van der Waals surface area contributed by atoms with Crippen LogP contribution in [0, 0.1) is 24.1 Å². The van der Waals surface area contributed by atoms with Gasteiger partial charge in [-0.3, -0.25) is 0 Å². The quantitative estimate of drug-likeness (QED) is 0.328. The molecule has 1 aromatic carbocycles. The Hall–Kier alpha value is -4.28. The number of thiazole rings is 1. The number of aryl methyl sites for hydroxylation is 1. The third-order valence-electron chi connectivity index (χ3n) is 8.33. The molecule has 7 rings (SSSR count). The average molecular weight is 602 g/mol. The van der Waals surface area contributed by atoms with Crippen molar-refractivity contribution in [2.24, 2.45) is 0 Å². The molecule has 1 saturated carbocycles. The Morgan fingerprint density at radius 1 is 1.07 bits per heavy atom. The Morgan fingerprint density at radius 2 is 1.77 bits per heavy atom. The number of morpholine rings is 1. The van der Waals surface area contributed by atoms with E-state index in [-0.39, 0.29) is 17.9 Å². The molecular weight excluding hydrogens is 569 g/mol. The highest BCUT2D eigenvalue weighted by molar-refractivity contribution is 7.16. The van der Waals surface area contributed by atoms with Crippen molar-refractivity contribution in [3.63, 3.8) is 0 Å². The van der Waals surface area contributed by atoms with E-state index in [2.05, 4.69) is 17.0 Å². The third kappa shape index (κ3) is 5.14. The van der Waals surface area contributed by atoms with Gasteiger partial charge in [0.2, 0.25) is 0 Å². The molecule has 3 aliphatic rings. The predicted molar refractivity (Wildman–Crippen MR) is 162 cm³/mol. The number of rotatable bonds is 5. The molecule has 0 bridgehead atoms.